The Labute approximate surface area is 126 Å². The highest BCUT2D eigenvalue weighted by Crippen LogP contribution is 2.24. The topological polar surface area (TPSA) is 30.0 Å². The highest BCUT2D eigenvalue weighted by Gasteiger charge is 2.11. The zero-order valence-electron chi connectivity index (χ0n) is 11.1. The molecule has 3 rings (SSSR count). The van der Waals surface area contributed by atoms with Gasteiger partial charge in [0, 0.05) is 28.2 Å². The van der Waals surface area contributed by atoms with Crippen molar-refractivity contribution in [1.82, 2.24) is 4.98 Å². The number of ketones is 1. The molecule has 21 heavy (non-hydrogen) atoms. The molecule has 0 saturated carbocycles. The van der Waals surface area contributed by atoms with E-state index in [9.17, 15) is 9.18 Å². The van der Waals surface area contributed by atoms with Crippen LogP contribution in [0.3, 0.4) is 0 Å². The largest absolute Gasteiger partial charge is 0.293 e. The number of pyridine rings is 1. The van der Waals surface area contributed by atoms with Crippen molar-refractivity contribution >= 4 is 28.3 Å². The first-order valence-electron chi connectivity index (χ1n) is 6.49. The van der Waals surface area contributed by atoms with Crippen LogP contribution in [0.2, 0.25) is 0 Å². The first-order chi connectivity index (χ1) is 10.3. The van der Waals surface area contributed by atoms with Crippen molar-refractivity contribution in [3.63, 3.8) is 0 Å². The number of fused-ring (bicyclic) bond motifs is 1. The molecule has 1 aromatic heterocycles. The molecule has 4 heteroatoms. The number of carbonyl (C=O) groups excluding carboxylic acids is 1. The number of halogens is 1. The molecule has 104 valence electrons. The summed E-state index contributed by atoms with van der Waals surface area (Å²) in [5.74, 6) is -0.0972. The van der Waals surface area contributed by atoms with Crippen molar-refractivity contribution in [2.24, 2.45) is 0 Å². The van der Waals surface area contributed by atoms with Gasteiger partial charge >= 0.3 is 0 Å². The molecule has 3 aromatic rings. The maximum Gasteiger partial charge on any atom is 0.173 e. The molecule has 0 amide bonds. The van der Waals surface area contributed by atoms with Gasteiger partial charge in [-0.1, -0.05) is 30.3 Å². The molecule has 0 fully saturated rings. The zero-order valence-corrected chi connectivity index (χ0v) is 11.9. The monoisotopic (exact) mass is 297 g/mol. The van der Waals surface area contributed by atoms with E-state index >= 15 is 0 Å². The number of Topliss-reactive ketones (excluding diaryl/α,β-unsaturated/α-hetero) is 1. The SMILES string of the molecule is O=C(CSc1ccccc1F)c1cccc2cnccc12. The van der Waals surface area contributed by atoms with E-state index in [4.69, 9.17) is 0 Å². The van der Waals surface area contributed by atoms with Gasteiger partial charge in [-0.2, -0.15) is 0 Å². The summed E-state index contributed by atoms with van der Waals surface area (Å²) in [5.41, 5.74) is 0.652. The second kappa shape index (κ2) is 6.06. The lowest BCUT2D eigenvalue weighted by Crippen LogP contribution is -2.03. The van der Waals surface area contributed by atoms with E-state index < -0.39 is 0 Å². The van der Waals surface area contributed by atoms with Gasteiger partial charge in [0.25, 0.3) is 0 Å². The molecule has 0 aliphatic heterocycles. The third-order valence-corrected chi connectivity index (χ3v) is 4.23. The van der Waals surface area contributed by atoms with Crippen LogP contribution in [0, 0.1) is 5.82 Å². The highest BCUT2D eigenvalue weighted by atomic mass is 32.2. The molecule has 0 bridgehead atoms. The Bertz CT molecular complexity index is 798. The lowest BCUT2D eigenvalue weighted by molar-refractivity contribution is 0.102. The fourth-order valence-corrected chi connectivity index (χ4v) is 2.97. The predicted octanol–water partition coefficient (Wildman–Crippen LogP) is 4.35. The summed E-state index contributed by atoms with van der Waals surface area (Å²) >= 11 is 1.22. The van der Waals surface area contributed by atoms with Crippen LogP contribution in [0.5, 0.6) is 0 Å². The summed E-state index contributed by atoms with van der Waals surface area (Å²) in [5, 5.41) is 1.81. The van der Waals surface area contributed by atoms with Crippen LogP contribution in [0.1, 0.15) is 10.4 Å². The molecule has 0 N–H and O–H groups in total. The molecular formula is C17H12FNOS. The van der Waals surface area contributed by atoms with Crippen LogP contribution in [-0.4, -0.2) is 16.5 Å². The van der Waals surface area contributed by atoms with Crippen LogP contribution in [0.25, 0.3) is 10.8 Å². The molecule has 0 aliphatic carbocycles. The minimum Gasteiger partial charge on any atom is -0.293 e. The Balaban J connectivity index is 1.83. The van der Waals surface area contributed by atoms with Crippen LogP contribution in [-0.2, 0) is 0 Å². The maximum absolute atomic E-state index is 13.6. The average Bonchev–Trinajstić information content (AvgIpc) is 2.53. The Morgan fingerprint density at radius 3 is 2.81 bits per heavy atom. The summed E-state index contributed by atoms with van der Waals surface area (Å²) in [6, 6.07) is 13.9. The number of rotatable bonds is 4. The van der Waals surface area contributed by atoms with Crippen LogP contribution in [0.4, 0.5) is 4.39 Å². The summed E-state index contributed by atoms with van der Waals surface area (Å²) in [6.45, 7) is 0. The van der Waals surface area contributed by atoms with Gasteiger partial charge in [0.15, 0.2) is 5.78 Å². The third-order valence-electron chi connectivity index (χ3n) is 3.18. The minimum atomic E-state index is -0.294. The second-order valence-corrected chi connectivity index (χ2v) is 5.56. The Hall–Kier alpha value is -2.20. The normalized spacial score (nSPS) is 10.7. The van der Waals surface area contributed by atoms with E-state index in [2.05, 4.69) is 4.98 Å². The lowest BCUT2D eigenvalue weighted by Gasteiger charge is -2.06. The van der Waals surface area contributed by atoms with Gasteiger partial charge in [-0.3, -0.25) is 9.78 Å². The van der Waals surface area contributed by atoms with Gasteiger partial charge < -0.3 is 0 Å². The number of benzene rings is 2. The van der Waals surface area contributed by atoms with Crippen molar-refractivity contribution in [2.75, 3.05) is 5.75 Å². The average molecular weight is 297 g/mol. The number of carbonyl (C=O) groups is 1. The second-order valence-electron chi connectivity index (χ2n) is 4.54. The van der Waals surface area contributed by atoms with Gasteiger partial charge in [-0.25, -0.2) is 4.39 Å². The van der Waals surface area contributed by atoms with Crippen LogP contribution in [0.15, 0.2) is 65.8 Å². The van der Waals surface area contributed by atoms with Crippen molar-refractivity contribution in [3.05, 3.63) is 72.3 Å². The maximum atomic E-state index is 13.6. The molecule has 0 radical (unpaired) electrons. The Kier molecular flexibility index (Phi) is 3.97. The quantitative estimate of drug-likeness (QED) is 0.530. The Morgan fingerprint density at radius 2 is 1.95 bits per heavy atom. The molecule has 0 unspecified atom stereocenters. The number of hydrogen-bond donors (Lipinski definition) is 0. The molecule has 2 aromatic carbocycles. The molecule has 0 aliphatic rings. The van der Waals surface area contributed by atoms with Gasteiger partial charge in [0.2, 0.25) is 0 Å². The van der Waals surface area contributed by atoms with Crippen molar-refractivity contribution < 1.29 is 9.18 Å². The zero-order chi connectivity index (χ0) is 14.7. The minimum absolute atomic E-state index is 0.0138. The van der Waals surface area contributed by atoms with Crippen molar-refractivity contribution in [2.45, 2.75) is 4.90 Å². The molecular weight excluding hydrogens is 285 g/mol. The molecule has 0 spiro atoms. The first-order valence-corrected chi connectivity index (χ1v) is 7.47. The van der Waals surface area contributed by atoms with Crippen LogP contribution >= 0.6 is 11.8 Å². The summed E-state index contributed by atoms with van der Waals surface area (Å²) in [4.78, 5) is 16.9. The fourth-order valence-electron chi connectivity index (χ4n) is 2.15. The van der Waals surface area contributed by atoms with E-state index in [0.717, 1.165) is 10.8 Å². The van der Waals surface area contributed by atoms with E-state index in [1.807, 2.05) is 18.2 Å². The summed E-state index contributed by atoms with van der Waals surface area (Å²) < 4.78 is 13.6. The van der Waals surface area contributed by atoms with Crippen molar-refractivity contribution in [3.8, 4) is 0 Å². The number of thioether (sulfide) groups is 1. The predicted molar refractivity (Wildman–Crippen MR) is 83.2 cm³/mol. The number of nitrogens with zero attached hydrogens (tertiary/aromatic N) is 1. The van der Waals surface area contributed by atoms with Crippen LogP contribution < -0.4 is 0 Å². The molecule has 0 atom stereocenters. The van der Waals surface area contributed by atoms with Crippen molar-refractivity contribution in [1.29, 1.82) is 0 Å². The smallest absolute Gasteiger partial charge is 0.173 e. The number of hydrogen-bond acceptors (Lipinski definition) is 3. The highest BCUT2D eigenvalue weighted by molar-refractivity contribution is 8.00. The standard InChI is InChI=1S/C17H12FNOS/c18-15-6-1-2-7-17(15)21-11-16(20)14-5-3-4-12-10-19-9-8-13(12)14/h1-10H,11H2. The van der Waals surface area contributed by atoms with E-state index in [1.165, 1.54) is 17.8 Å². The van der Waals surface area contributed by atoms with Gasteiger partial charge in [0.05, 0.1) is 5.75 Å². The first kappa shape index (κ1) is 13.8. The molecule has 2 nitrogen and oxygen atoms in total. The van der Waals surface area contributed by atoms with E-state index in [1.54, 1.807) is 36.7 Å². The van der Waals surface area contributed by atoms with E-state index in [0.29, 0.717) is 10.5 Å². The summed E-state index contributed by atoms with van der Waals surface area (Å²) in [6.07, 6.45) is 3.40. The van der Waals surface area contributed by atoms with Gasteiger partial charge in [0.1, 0.15) is 5.82 Å². The van der Waals surface area contributed by atoms with Gasteiger partial charge in [-0.05, 0) is 23.6 Å². The lowest BCUT2D eigenvalue weighted by atomic mass is 10.0. The van der Waals surface area contributed by atoms with E-state index in [-0.39, 0.29) is 17.4 Å². The van der Waals surface area contributed by atoms with Gasteiger partial charge in [-0.15, -0.1) is 11.8 Å². The molecule has 1 heterocycles. The summed E-state index contributed by atoms with van der Waals surface area (Å²) in [7, 11) is 0. The Morgan fingerprint density at radius 1 is 1.10 bits per heavy atom. The molecule has 0 saturated heterocycles. The third kappa shape index (κ3) is 2.95. The number of aromatic nitrogens is 1. The fraction of sp³-hybridized carbons (Fsp3) is 0.0588.